The highest BCUT2D eigenvalue weighted by atomic mass is 19.4. The van der Waals surface area contributed by atoms with Gasteiger partial charge in [-0.05, 0) is 31.1 Å². The topological polar surface area (TPSA) is 20.3 Å². The van der Waals surface area contributed by atoms with E-state index < -0.39 is 13.4 Å². The molecule has 1 aliphatic rings. The van der Waals surface area contributed by atoms with Crippen molar-refractivity contribution in [2.75, 3.05) is 13.0 Å². The molecule has 0 saturated carbocycles. The minimum absolute atomic E-state index is 0.253. The van der Waals surface area contributed by atoms with Crippen molar-refractivity contribution in [1.82, 2.24) is 4.90 Å². The van der Waals surface area contributed by atoms with Crippen molar-refractivity contribution in [3.05, 3.63) is 0 Å². The van der Waals surface area contributed by atoms with E-state index in [0.29, 0.717) is 18.3 Å². The van der Waals surface area contributed by atoms with Crippen LogP contribution in [0.2, 0.25) is 0 Å². The van der Waals surface area contributed by atoms with Gasteiger partial charge in [-0.3, -0.25) is 4.79 Å². The SMILES string of the molecule is CC(C)C1CCC(=O)N(C[B-](F)(F)F)CC1. The van der Waals surface area contributed by atoms with Crippen molar-refractivity contribution < 1.29 is 17.7 Å². The molecule has 1 unspecified atom stereocenters. The fraction of sp³-hybridized carbons (Fsp3) is 0.900. The lowest BCUT2D eigenvalue weighted by molar-refractivity contribution is -0.130. The molecule has 0 bridgehead atoms. The first-order valence-corrected chi connectivity index (χ1v) is 5.78. The van der Waals surface area contributed by atoms with E-state index in [0.717, 1.165) is 11.3 Å². The van der Waals surface area contributed by atoms with Gasteiger partial charge in [-0.2, -0.15) is 0 Å². The van der Waals surface area contributed by atoms with E-state index in [1.807, 2.05) is 0 Å². The maximum atomic E-state index is 12.3. The summed E-state index contributed by atoms with van der Waals surface area (Å²) in [4.78, 5) is 12.5. The first-order chi connectivity index (χ1) is 7.29. The zero-order valence-electron chi connectivity index (χ0n) is 9.76. The molecule has 1 saturated heterocycles. The summed E-state index contributed by atoms with van der Waals surface area (Å²) in [5, 5.41) is 0. The van der Waals surface area contributed by atoms with Crippen LogP contribution in [0.3, 0.4) is 0 Å². The van der Waals surface area contributed by atoms with Crippen LogP contribution in [0, 0.1) is 11.8 Å². The fourth-order valence-electron chi connectivity index (χ4n) is 2.17. The summed E-state index contributed by atoms with van der Waals surface area (Å²) in [6.45, 7) is -0.539. The van der Waals surface area contributed by atoms with Gasteiger partial charge in [0.05, 0.1) is 0 Å². The maximum absolute atomic E-state index is 12.3. The van der Waals surface area contributed by atoms with Gasteiger partial charge in [-0.15, -0.1) is 0 Å². The lowest BCUT2D eigenvalue weighted by atomic mass is 9.89. The molecule has 6 heteroatoms. The smallest absolute Gasteiger partial charge is 0.448 e. The van der Waals surface area contributed by atoms with Gasteiger partial charge in [0.25, 0.3) is 0 Å². The van der Waals surface area contributed by atoms with Crippen molar-refractivity contribution in [3.63, 3.8) is 0 Å². The maximum Gasteiger partial charge on any atom is 0.497 e. The molecule has 0 N–H and O–H groups in total. The van der Waals surface area contributed by atoms with Gasteiger partial charge in [-0.25, -0.2) is 0 Å². The van der Waals surface area contributed by atoms with Crippen molar-refractivity contribution >= 4 is 12.9 Å². The van der Waals surface area contributed by atoms with Crippen molar-refractivity contribution in [1.29, 1.82) is 0 Å². The number of carbonyl (C=O) groups is 1. The van der Waals surface area contributed by atoms with Crippen molar-refractivity contribution in [3.8, 4) is 0 Å². The lowest BCUT2D eigenvalue weighted by Gasteiger charge is -2.27. The first-order valence-electron chi connectivity index (χ1n) is 5.78. The zero-order valence-corrected chi connectivity index (χ0v) is 9.76. The largest absolute Gasteiger partial charge is 0.497 e. The quantitative estimate of drug-likeness (QED) is 0.690. The monoisotopic (exact) mass is 236 g/mol. The summed E-state index contributed by atoms with van der Waals surface area (Å²) in [6.07, 6.45) is 0.631. The Bertz CT molecular complexity index is 255. The van der Waals surface area contributed by atoms with E-state index in [4.69, 9.17) is 0 Å². The Balaban J connectivity index is 2.58. The van der Waals surface area contributed by atoms with E-state index in [1.54, 1.807) is 0 Å². The van der Waals surface area contributed by atoms with Crippen LogP contribution in [0.15, 0.2) is 0 Å². The molecule has 1 fully saturated rings. The van der Waals surface area contributed by atoms with Crippen LogP contribution >= 0.6 is 0 Å². The average molecular weight is 236 g/mol. The number of likely N-dealkylation sites (tertiary alicyclic amines) is 1. The summed E-state index contributed by atoms with van der Waals surface area (Å²) in [5.41, 5.74) is 0. The van der Waals surface area contributed by atoms with E-state index in [9.17, 15) is 17.7 Å². The summed E-state index contributed by atoms with van der Waals surface area (Å²) >= 11 is 0. The Hall–Kier alpha value is -0.675. The van der Waals surface area contributed by atoms with E-state index in [-0.39, 0.29) is 18.9 Å². The van der Waals surface area contributed by atoms with Gasteiger partial charge < -0.3 is 17.8 Å². The summed E-state index contributed by atoms with van der Waals surface area (Å²) < 4.78 is 36.8. The Labute approximate surface area is 94.2 Å². The normalized spacial score (nSPS) is 23.8. The standard InChI is InChI=1S/C10H18BF3NO/c1-8(2)9-3-4-10(16)15(6-5-9)7-11(12,13)14/h8-9H,3-7H2,1-2H3/q-1. The van der Waals surface area contributed by atoms with Crippen LogP contribution in [-0.4, -0.2) is 30.8 Å². The molecule has 0 spiro atoms. The molecule has 0 aromatic heterocycles. The number of hydrogen-bond donors (Lipinski definition) is 0. The minimum Gasteiger partial charge on any atom is -0.448 e. The fourth-order valence-corrected chi connectivity index (χ4v) is 2.17. The molecule has 1 aliphatic heterocycles. The van der Waals surface area contributed by atoms with Gasteiger partial charge >= 0.3 is 6.98 Å². The van der Waals surface area contributed by atoms with Crippen LogP contribution in [-0.2, 0) is 4.79 Å². The van der Waals surface area contributed by atoms with E-state index in [1.165, 1.54) is 0 Å². The van der Waals surface area contributed by atoms with Crippen LogP contribution in [0.25, 0.3) is 0 Å². The molecule has 0 aliphatic carbocycles. The van der Waals surface area contributed by atoms with E-state index >= 15 is 0 Å². The van der Waals surface area contributed by atoms with Gasteiger partial charge in [-0.1, -0.05) is 13.8 Å². The van der Waals surface area contributed by atoms with Crippen LogP contribution in [0.5, 0.6) is 0 Å². The first kappa shape index (κ1) is 13.4. The third-order valence-corrected chi connectivity index (χ3v) is 3.22. The predicted molar refractivity (Wildman–Crippen MR) is 57.8 cm³/mol. The van der Waals surface area contributed by atoms with Crippen molar-refractivity contribution in [2.24, 2.45) is 11.8 Å². The van der Waals surface area contributed by atoms with Gasteiger partial charge in [0.1, 0.15) is 0 Å². The molecule has 0 aromatic rings. The number of hydrogen-bond acceptors (Lipinski definition) is 1. The second-order valence-corrected chi connectivity index (χ2v) is 4.88. The Kier molecular flexibility index (Phi) is 4.27. The molecule has 0 radical (unpaired) electrons. The van der Waals surface area contributed by atoms with Gasteiger partial charge in [0, 0.05) is 13.0 Å². The third kappa shape index (κ3) is 4.06. The van der Waals surface area contributed by atoms with Crippen LogP contribution in [0.1, 0.15) is 33.1 Å². The van der Waals surface area contributed by atoms with Crippen LogP contribution in [0.4, 0.5) is 12.9 Å². The summed E-state index contributed by atoms with van der Waals surface area (Å²) in [6, 6.07) is 0. The van der Waals surface area contributed by atoms with Crippen LogP contribution < -0.4 is 0 Å². The van der Waals surface area contributed by atoms with Crippen molar-refractivity contribution in [2.45, 2.75) is 33.1 Å². The third-order valence-electron chi connectivity index (χ3n) is 3.22. The molecule has 16 heavy (non-hydrogen) atoms. The number of nitrogens with zero attached hydrogens (tertiary/aromatic N) is 1. The number of amides is 1. The molecule has 2 nitrogen and oxygen atoms in total. The Morgan fingerprint density at radius 2 is 2.00 bits per heavy atom. The minimum atomic E-state index is -4.90. The van der Waals surface area contributed by atoms with Gasteiger partial charge in [0.15, 0.2) is 0 Å². The number of rotatable bonds is 3. The zero-order chi connectivity index (χ0) is 12.3. The molecule has 1 rings (SSSR count). The predicted octanol–water partition coefficient (Wildman–Crippen LogP) is 2.66. The molecular weight excluding hydrogens is 218 g/mol. The van der Waals surface area contributed by atoms with Gasteiger partial charge in [0.2, 0.25) is 5.91 Å². The molecule has 1 heterocycles. The average Bonchev–Trinajstić information content (AvgIpc) is 2.27. The second-order valence-electron chi connectivity index (χ2n) is 4.88. The highest BCUT2D eigenvalue weighted by Crippen LogP contribution is 2.26. The summed E-state index contributed by atoms with van der Waals surface area (Å²) in [5.74, 6) is 0.459. The lowest BCUT2D eigenvalue weighted by Crippen LogP contribution is -2.41. The number of carbonyl (C=O) groups excluding carboxylic acids is 1. The highest BCUT2D eigenvalue weighted by molar-refractivity contribution is 6.58. The second kappa shape index (κ2) is 5.10. The molecule has 94 valence electrons. The molecule has 1 amide bonds. The molecular formula is C10H18BF3NO-. The summed E-state index contributed by atoms with van der Waals surface area (Å²) in [7, 11) is 0. The Morgan fingerprint density at radius 3 is 2.50 bits per heavy atom. The Morgan fingerprint density at radius 1 is 1.38 bits per heavy atom. The van der Waals surface area contributed by atoms with E-state index in [2.05, 4.69) is 13.8 Å². The molecule has 0 aromatic carbocycles. The number of halogens is 3. The highest BCUT2D eigenvalue weighted by Gasteiger charge is 2.31. The molecule has 1 atom stereocenters.